The summed E-state index contributed by atoms with van der Waals surface area (Å²) < 4.78 is 5.69. The van der Waals surface area contributed by atoms with Crippen LogP contribution in [0.2, 0.25) is 0 Å². The molecule has 2 aromatic heterocycles. The summed E-state index contributed by atoms with van der Waals surface area (Å²) >= 11 is 0. The quantitative estimate of drug-likeness (QED) is 0.573. The summed E-state index contributed by atoms with van der Waals surface area (Å²) in [5, 5.41) is 13.5. The highest BCUT2D eigenvalue weighted by Crippen LogP contribution is 2.38. The predicted molar refractivity (Wildman–Crippen MR) is 123 cm³/mol. The van der Waals surface area contributed by atoms with Gasteiger partial charge in [-0.25, -0.2) is 9.97 Å². The topological polar surface area (TPSA) is 117 Å². The van der Waals surface area contributed by atoms with Gasteiger partial charge < -0.3 is 20.3 Å². The molecule has 1 fully saturated rings. The van der Waals surface area contributed by atoms with E-state index in [2.05, 4.69) is 70.0 Å². The molecule has 0 radical (unpaired) electrons. The van der Waals surface area contributed by atoms with Crippen molar-refractivity contribution in [3.05, 3.63) is 48.0 Å². The summed E-state index contributed by atoms with van der Waals surface area (Å²) in [6.07, 6.45) is 3.45. The lowest BCUT2D eigenvalue weighted by Crippen LogP contribution is -2.47. The zero-order chi connectivity index (χ0) is 22.7. The van der Waals surface area contributed by atoms with Crippen molar-refractivity contribution in [3.63, 3.8) is 0 Å². The molecule has 3 heterocycles. The van der Waals surface area contributed by atoms with Crippen molar-refractivity contribution in [2.45, 2.75) is 26.2 Å². The van der Waals surface area contributed by atoms with Gasteiger partial charge in [0.25, 0.3) is 0 Å². The molecule has 1 unspecified atom stereocenters. The monoisotopic (exact) mass is 437 g/mol. The van der Waals surface area contributed by atoms with Gasteiger partial charge in [-0.3, -0.25) is 4.90 Å². The number of piperazine rings is 1. The second-order valence-electron chi connectivity index (χ2n) is 8.72. The van der Waals surface area contributed by atoms with Crippen molar-refractivity contribution in [1.82, 2.24) is 25.0 Å². The Kier molecular flexibility index (Phi) is 6.38. The summed E-state index contributed by atoms with van der Waals surface area (Å²) in [6, 6.07) is 8.90. The van der Waals surface area contributed by atoms with Crippen LogP contribution in [-0.2, 0) is 5.41 Å². The molecule has 1 saturated heterocycles. The zero-order valence-corrected chi connectivity index (χ0v) is 18.9. The molecule has 170 valence electrons. The second kappa shape index (κ2) is 9.22. The Morgan fingerprint density at radius 1 is 1.06 bits per heavy atom. The number of β-amino-alcohol motifs (C(OH)–C–C–N with tert-alkyl or cyclic N) is 1. The lowest BCUT2D eigenvalue weighted by atomic mass is 9.72. The van der Waals surface area contributed by atoms with Gasteiger partial charge >= 0.3 is 6.01 Å². The average molecular weight is 438 g/mol. The highest BCUT2D eigenvalue weighted by Gasteiger charge is 2.38. The molecule has 32 heavy (non-hydrogen) atoms. The Morgan fingerprint density at radius 3 is 2.31 bits per heavy atom. The first-order valence-electron chi connectivity index (χ1n) is 11.0. The predicted octanol–water partition coefficient (Wildman–Crippen LogP) is 2.19. The Hall–Kier alpha value is -3.04. The number of aliphatic hydroxyl groups is 1. The third kappa shape index (κ3) is 4.31. The number of aliphatic hydroxyl groups excluding tert-OH is 1. The molecule has 1 atom stereocenters. The minimum Gasteiger partial charge on any atom is -0.395 e. The molecule has 4 rings (SSSR count). The van der Waals surface area contributed by atoms with Crippen LogP contribution in [0.4, 0.5) is 12.0 Å². The fourth-order valence-electron chi connectivity index (χ4n) is 4.08. The Morgan fingerprint density at radius 2 is 1.72 bits per heavy atom. The van der Waals surface area contributed by atoms with Crippen LogP contribution in [0.1, 0.15) is 32.2 Å². The van der Waals surface area contributed by atoms with Crippen LogP contribution in [0.15, 0.2) is 41.2 Å². The molecule has 9 heteroatoms. The Bertz CT molecular complexity index is 1010. The van der Waals surface area contributed by atoms with Crippen LogP contribution in [0.25, 0.3) is 11.1 Å². The maximum absolute atomic E-state index is 9.14. The van der Waals surface area contributed by atoms with Gasteiger partial charge in [0.15, 0.2) is 5.82 Å². The lowest BCUT2D eigenvalue weighted by Gasteiger charge is -2.33. The van der Waals surface area contributed by atoms with Crippen LogP contribution in [0, 0.1) is 5.92 Å². The summed E-state index contributed by atoms with van der Waals surface area (Å²) in [6.45, 7) is 10.7. The van der Waals surface area contributed by atoms with Crippen molar-refractivity contribution in [3.8, 4) is 11.1 Å². The molecule has 0 bridgehead atoms. The van der Waals surface area contributed by atoms with Gasteiger partial charge in [-0.1, -0.05) is 43.3 Å². The minimum atomic E-state index is -0.406. The van der Waals surface area contributed by atoms with E-state index in [9.17, 15) is 0 Å². The van der Waals surface area contributed by atoms with Gasteiger partial charge in [-0.2, -0.15) is 4.98 Å². The first kappa shape index (κ1) is 22.2. The third-order valence-electron chi connectivity index (χ3n) is 6.58. The van der Waals surface area contributed by atoms with E-state index in [1.807, 2.05) is 0 Å². The number of nitrogens with zero attached hydrogens (tertiary/aromatic N) is 6. The van der Waals surface area contributed by atoms with E-state index in [-0.39, 0.29) is 18.5 Å². The van der Waals surface area contributed by atoms with Gasteiger partial charge in [-0.05, 0) is 24.0 Å². The third-order valence-corrected chi connectivity index (χ3v) is 6.58. The zero-order valence-electron chi connectivity index (χ0n) is 18.9. The summed E-state index contributed by atoms with van der Waals surface area (Å²) in [5.41, 5.74) is 8.25. The van der Waals surface area contributed by atoms with Crippen LogP contribution in [0.5, 0.6) is 0 Å². The van der Waals surface area contributed by atoms with Crippen molar-refractivity contribution in [2.24, 2.45) is 5.92 Å². The molecule has 1 aliphatic rings. The van der Waals surface area contributed by atoms with E-state index in [4.69, 9.17) is 20.3 Å². The molecular formula is C23H31N7O2. The van der Waals surface area contributed by atoms with Crippen LogP contribution in [-0.4, -0.2) is 69.4 Å². The number of rotatable bonds is 7. The fraction of sp³-hybridized carbons (Fsp3) is 0.478. The number of anilines is 2. The van der Waals surface area contributed by atoms with E-state index in [1.165, 1.54) is 0 Å². The molecule has 0 aliphatic carbocycles. The summed E-state index contributed by atoms with van der Waals surface area (Å²) in [4.78, 5) is 17.3. The standard InChI is InChI=1S/C23H31N7O2/c1-16(2)23(3,19-6-4-17(5-7-19)18-14-25-21(24)26-15-18)20-27-22(32-28-20)30-10-8-29(9-11-30)12-13-31/h4-7,14-16,31H,8-13H2,1-3H3,(H2,24,25,26). The Labute approximate surface area is 188 Å². The van der Waals surface area contributed by atoms with Gasteiger partial charge in [0.2, 0.25) is 5.95 Å². The number of aromatic nitrogens is 4. The molecule has 3 N–H and O–H groups in total. The molecule has 1 aliphatic heterocycles. The summed E-state index contributed by atoms with van der Waals surface area (Å²) in [7, 11) is 0. The van der Waals surface area contributed by atoms with E-state index in [1.54, 1.807) is 12.4 Å². The van der Waals surface area contributed by atoms with E-state index in [0.29, 0.717) is 18.4 Å². The number of nitrogens with two attached hydrogens (primary N) is 1. The second-order valence-corrected chi connectivity index (χ2v) is 8.72. The Balaban J connectivity index is 1.56. The van der Waals surface area contributed by atoms with Crippen molar-refractivity contribution >= 4 is 12.0 Å². The summed E-state index contributed by atoms with van der Waals surface area (Å²) in [5.74, 6) is 1.20. The van der Waals surface area contributed by atoms with Crippen LogP contribution in [0.3, 0.4) is 0 Å². The first-order chi connectivity index (χ1) is 15.4. The maximum Gasteiger partial charge on any atom is 0.324 e. The smallest absolute Gasteiger partial charge is 0.324 e. The molecule has 9 nitrogen and oxygen atoms in total. The van der Waals surface area contributed by atoms with E-state index >= 15 is 0 Å². The largest absolute Gasteiger partial charge is 0.395 e. The van der Waals surface area contributed by atoms with Crippen molar-refractivity contribution < 1.29 is 9.63 Å². The molecule has 1 aromatic carbocycles. The highest BCUT2D eigenvalue weighted by molar-refractivity contribution is 5.62. The van der Waals surface area contributed by atoms with E-state index in [0.717, 1.165) is 42.9 Å². The number of hydrogen-bond acceptors (Lipinski definition) is 9. The van der Waals surface area contributed by atoms with Gasteiger partial charge in [0.05, 0.1) is 12.0 Å². The fourth-order valence-corrected chi connectivity index (χ4v) is 4.08. The van der Waals surface area contributed by atoms with Gasteiger partial charge in [0.1, 0.15) is 0 Å². The van der Waals surface area contributed by atoms with E-state index < -0.39 is 5.41 Å². The van der Waals surface area contributed by atoms with Crippen LogP contribution >= 0.6 is 0 Å². The molecule has 3 aromatic rings. The molecule has 0 amide bonds. The first-order valence-corrected chi connectivity index (χ1v) is 11.0. The van der Waals surface area contributed by atoms with Crippen LogP contribution < -0.4 is 10.6 Å². The highest BCUT2D eigenvalue weighted by atomic mass is 16.5. The molecule has 0 spiro atoms. The number of benzene rings is 1. The van der Waals surface area contributed by atoms with Gasteiger partial charge in [-0.15, -0.1) is 0 Å². The van der Waals surface area contributed by atoms with Crippen molar-refractivity contribution in [2.75, 3.05) is 50.0 Å². The number of hydrogen-bond donors (Lipinski definition) is 2. The SMILES string of the molecule is CC(C)C(C)(c1ccc(-c2cnc(N)nc2)cc1)c1noc(N2CCN(CCO)CC2)n1. The van der Waals surface area contributed by atoms with Crippen molar-refractivity contribution in [1.29, 1.82) is 0 Å². The normalized spacial score (nSPS) is 17.0. The lowest BCUT2D eigenvalue weighted by molar-refractivity contribution is 0.186. The number of nitrogen functional groups attached to an aromatic ring is 1. The average Bonchev–Trinajstić information content (AvgIpc) is 3.30. The molecule has 0 saturated carbocycles. The minimum absolute atomic E-state index is 0.182. The maximum atomic E-state index is 9.14. The molecular weight excluding hydrogens is 406 g/mol. The van der Waals surface area contributed by atoms with Gasteiger partial charge in [0, 0.05) is 50.7 Å².